The minimum absolute atomic E-state index is 0.290. The van der Waals surface area contributed by atoms with Gasteiger partial charge in [-0.15, -0.1) is 0 Å². The molecule has 0 aliphatic heterocycles. The number of benzene rings is 1. The van der Waals surface area contributed by atoms with Crippen molar-refractivity contribution in [3.8, 4) is 6.07 Å². The number of carbonyl (C=O) groups excluding carboxylic acids is 2. The lowest BCUT2D eigenvalue weighted by Crippen LogP contribution is -2.25. The highest BCUT2D eigenvalue weighted by molar-refractivity contribution is 6.51. The molecular weight excluding hydrogens is 316 g/mol. The molecule has 1 aromatic rings. The first kappa shape index (κ1) is 18.4. The highest BCUT2D eigenvalue weighted by Crippen LogP contribution is 2.24. The maximum atomic E-state index is 12.2. The summed E-state index contributed by atoms with van der Waals surface area (Å²) >= 11 is 0. The summed E-state index contributed by atoms with van der Waals surface area (Å²) in [7, 11) is 0. The van der Waals surface area contributed by atoms with Crippen molar-refractivity contribution in [3.63, 3.8) is 0 Å². The number of hydrogen-bond donors (Lipinski definition) is 2. The number of nitrogens with one attached hydrogen (secondary N) is 1. The molecule has 0 spiro atoms. The molecule has 0 atom stereocenters. The highest BCUT2D eigenvalue weighted by Gasteiger charge is 2.22. The van der Waals surface area contributed by atoms with Gasteiger partial charge in [0.05, 0.1) is 11.4 Å². The zero-order valence-corrected chi connectivity index (χ0v) is 14.7. The van der Waals surface area contributed by atoms with E-state index in [0.717, 1.165) is 25.3 Å². The van der Waals surface area contributed by atoms with Gasteiger partial charge < -0.3 is 5.73 Å². The second-order valence-corrected chi connectivity index (χ2v) is 7.06. The summed E-state index contributed by atoms with van der Waals surface area (Å²) in [5.41, 5.74) is 10.3. The van der Waals surface area contributed by atoms with E-state index in [1.165, 1.54) is 11.1 Å². The predicted molar refractivity (Wildman–Crippen MR) is 96.9 cm³/mol. The lowest BCUT2D eigenvalue weighted by atomic mass is 9.90. The number of fused-ring (bicyclic) bond motifs is 1. The van der Waals surface area contributed by atoms with Crippen LogP contribution in [0.2, 0.25) is 0 Å². The summed E-state index contributed by atoms with van der Waals surface area (Å²) in [6.45, 7) is 5.16. The Morgan fingerprint density at radius 3 is 2.60 bits per heavy atom. The summed E-state index contributed by atoms with van der Waals surface area (Å²) in [6, 6.07) is 7.56. The molecule has 1 aromatic carbocycles. The quantitative estimate of drug-likeness (QED) is 0.487. The molecule has 0 radical (unpaired) electrons. The van der Waals surface area contributed by atoms with E-state index in [-0.39, 0.29) is 11.5 Å². The van der Waals surface area contributed by atoms with Gasteiger partial charge in [-0.2, -0.15) is 10.4 Å². The fraction of sp³-hybridized carbons (Fsp3) is 0.368. The van der Waals surface area contributed by atoms with Crippen LogP contribution in [0, 0.1) is 16.7 Å². The average molecular weight is 338 g/mol. The first-order chi connectivity index (χ1) is 11.7. The van der Waals surface area contributed by atoms with Crippen LogP contribution < -0.4 is 11.2 Å². The van der Waals surface area contributed by atoms with Crippen molar-refractivity contribution in [1.29, 1.82) is 5.26 Å². The van der Waals surface area contributed by atoms with Gasteiger partial charge in [-0.05, 0) is 42.5 Å². The van der Waals surface area contributed by atoms with E-state index >= 15 is 0 Å². The van der Waals surface area contributed by atoms with Crippen molar-refractivity contribution in [2.75, 3.05) is 5.43 Å². The van der Waals surface area contributed by atoms with E-state index < -0.39 is 16.9 Å². The summed E-state index contributed by atoms with van der Waals surface area (Å²) in [5, 5.41) is 13.0. The molecule has 2 rings (SSSR count). The molecule has 0 aromatic heterocycles. The molecule has 130 valence electrons. The largest absolute Gasteiger partial charge is 0.395 e. The number of Topliss-reactive ketones (excluding diaryl/α,β-unsaturated/α-hetero) is 1. The third-order valence-electron chi connectivity index (χ3n) is 4.00. The molecule has 0 unspecified atom stereocenters. The van der Waals surface area contributed by atoms with Crippen molar-refractivity contribution < 1.29 is 9.59 Å². The third kappa shape index (κ3) is 4.54. The normalized spacial score (nSPS) is 14.6. The lowest BCUT2D eigenvalue weighted by Gasteiger charge is -2.13. The van der Waals surface area contributed by atoms with Gasteiger partial charge in [-0.3, -0.25) is 15.0 Å². The number of allylic oxidation sites excluding steroid dienone is 2. The lowest BCUT2D eigenvalue weighted by molar-refractivity contribution is -0.121. The Morgan fingerprint density at radius 1 is 1.28 bits per heavy atom. The van der Waals surface area contributed by atoms with Crippen LogP contribution in [0.1, 0.15) is 38.3 Å². The molecule has 1 aliphatic carbocycles. The fourth-order valence-electron chi connectivity index (χ4n) is 2.45. The number of hydrogen-bond acceptors (Lipinski definition) is 6. The van der Waals surface area contributed by atoms with Crippen LogP contribution in [0.25, 0.3) is 0 Å². The van der Waals surface area contributed by atoms with Gasteiger partial charge in [0.1, 0.15) is 6.07 Å². The van der Waals surface area contributed by atoms with Crippen molar-refractivity contribution in [2.45, 2.75) is 40.0 Å². The number of rotatable bonds is 5. The Labute approximate surface area is 147 Å². The summed E-state index contributed by atoms with van der Waals surface area (Å²) < 4.78 is 0. The summed E-state index contributed by atoms with van der Waals surface area (Å²) in [5.74, 6) is -1.06. The minimum atomic E-state index is -0.770. The van der Waals surface area contributed by atoms with Gasteiger partial charge >= 0.3 is 0 Å². The molecule has 6 nitrogen and oxygen atoms in total. The zero-order valence-electron chi connectivity index (χ0n) is 14.7. The molecule has 0 amide bonds. The molecular formula is C19H22N4O2. The van der Waals surface area contributed by atoms with Gasteiger partial charge in [0.2, 0.25) is 11.5 Å². The Balaban J connectivity index is 2.14. The SMILES string of the molecule is CC(C)(C)C(=O)/C=C(\N)C(=O)/C(C#N)=N/Nc1ccc2c(c1)CCC2. The number of anilines is 1. The number of hydrazone groups is 1. The van der Waals surface area contributed by atoms with Gasteiger partial charge in [0, 0.05) is 11.5 Å². The van der Waals surface area contributed by atoms with Gasteiger partial charge in [0.15, 0.2) is 5.78 Å². The van der Waals surface area contributed by atoms with Crippen LogP contribution in [0.5, 0.6) is 0 Å². The highest BCUT2D eigenvalue weighted by atomic mass is 16.1. The van der Waals surface area contributed by atoms with Gasteiger partial charge in [0.25, 0.3) is 0 Å². The van der Waals surface area contributed by atoms with E-state index in [9.17, 15) is 9.59 Å². The van der Waals surface area contributed by atoms with Crippen LogP contribution in [0.15, 0.2) is 35.1 Å². The van der Waals surface area contributed by atoms with Crippen molar-refractivity contribution in [3.05, 3.63) is 41.1 Å². The molecule has 0 saturated heterocycles. The number of nitrogens with two attached hydrogens (primary N) is 1. The van der Waals surface area contributed by atoms with E-state index in [2.05, 4.69) is 10.5 Å². The van der Waals surface area contributed by atoms with Crippen LogP contribution >= 0.6 is 0 Å². The predicted octanol–water partition coefficient (Wildman–Crippen LogP) is 2.49. The van der Waals surface area contributed by atoms with E-state index in [0.29, 0.717) is 5.69 Å². The van der Waals surface area contributed by atoms with Crippen LogP contribution in [-0.2, 0) is 22.4 Å². The van der Waals surface area contributed by atoms with E-state index in [1.54, 1.807) is 26.8 Å². The minimum Gasteiger partial charge on any atom is -0.395 e. The Bertz CT molecular complexity index is 808. The molecule has 6 heteroatoms. The number of carbonyl (C=O) groups is 2. The monoisotopic (exact) mass is 338 g/mol. The zero-order chi connectivity index (χ0) is 18.6. The average Bonchev–Trinajstić information content (AvgIpc) is 3.01. The van der Waals surface area contributed by atoms with Crippen LogP contribution in [-0.4, -0.2) is 17.3 Å². The molecule has 3 N–H and O–H groups in total. The second-order valence-electron chi connectivity index (χ2n) is 7.06. The molecule has 25 heavy (non-hydrogen) atoms. The molecule has 0 heterocycles. The van der Waals surface area contributed by atoms with Crippen molar-refractivity contribution in [2.24, 2.45) is 16.3 Å². The third-order valence-corrected chi connectivity index (χ3v) is 4.00. The van der Waals surface area contributed by atoms with Gasteiger partial charge in [-0.25, -0.2) is 0 Å². The summed E-state index contributed by atoms with van der Waals surface area (Å²) in [4.78, 5) is 24.1. The molecule has 0 fully saturated rings. The Hall–Kier alpha value is -2.94. The molecule has 1 aliphatic rings. The van der Waals surface area contributed by atoms with Crippen molar-refractivity contribution >= 4 is 23.0 Å². The Morgan fingerprint density at radius 2 is 1.96 bits per heavy atom. The Kier molecular flexibility index (Phi) is 5.38. The summed E-state index contributed by atoms with van der Waals surface area (Å²) in [6.07, 6.45) is 4.28. The first-order valence-electron chi connectivity index (χ1n) is 8.14. The fourth-order valence-corrected chi connectivity index (χ4v) is 2.45. The van der Waals surface area contributed by atoms with Crippen molar-refractivity contribution in [1.82, 2.24) is 0 Å². The second kappa shape index (κ2) is 7.31. The number of nitrogens with zero attached hydrogens (tertiary/aromatic N) is 2. The maximum Gasteiger partial charge on any atom is 0.239 e. The first-order valence-corrected chi connectivity index (χ1v) is 8.14. The van der Waals surface area contributed by atoms with E-state index in [4.69, 9.17) is 11.0 Å². The smallest absolute Gasteiger partial charge is 0.239 e. The molecule has 0 bridgehead atoms. The van der Waals surface area contributed by atoms with E-state index in [1.807, 2.05) is 18.2 Å². The topological polar surface area (TPSA) is 108 Å². The number of nitriles is 1. The number of ketones is 2. The molecule has 0 saturated carbocycles. The maximum absolute atomic E-state index is 12.2. The van der Waals surface area contributed by atoms with Gasteiger partial charge in [-0.1, -0.05) is 26.8 Å². The standard InChI is InChI=1S/C19H22N4O2/c1-19(2,3)17(24)10-15(21)18(25)16(11-20)23-22-14-8-7-12-5-4-6-13(12)9-14/h7-10,22H,4-6,21H2,1-3H3/b15-10-,23-16+. The van der Waals surface area contributed by atoms with Crippen LogP contribution in [0.3, 0.4) is 0 Å². The van der Waals surface area contributed by atoms with Crippen LogP contribution in [0.4, 0.5) is 5.69 Å². The number of aryl methyl sites for hydroxylation is 2.